The third-order valence-corrected chi connectivity index (χ3v) is 4.41. The largest absolute Gasteiger partial charge is 0.495 e. The van der Waals surface area contributed by atoms with E-state index in [1.807, 2.05) is 12.1 Å². The summed E-state index contributed by atoms with van der Waals surface area (Å²) in [4.78, 5) is 31.7. The van der Waals surface area contributed by atoms with Gasteiger partial charge in [-0.05, 0) is 41.5 Å². The molecule has 1 aromatic heterocycles. The number of hydrogen-bond donors (Lipinski definition) is 0. The van der Waals surface area contributed by atoms with Gasteiger partial charge in [0.25, 0.3) is 11.8 Å². The number of para-hydroxylation sites is 2. The highest BCUT2D eigenvalue weighted by Crippen LogP contribution is 2.37. The van der Waals surface area contributed by atoms with Gasteiger partial charge in [0.1, 0.15) is 5.75 Å². The highest BCUT2D eigenvalue weighted by molar-refractivity contribution is 6.43. The van der Waals surface area contributed by atoms with E-state index in [9.17, 15) is 9.59 Å². The predicted octanol–water partition coefficient (Wildman–Crippen LogP) is 3.82. The average Bonchev–Trinajstić information content (AvgIpc) is 2.72. The maximum Gasteiger partial charge on any atom is 0.266 e. The minimum Gasteiger partial charge on any atom is -0.495 e. The highest BCUT2D eigenvalue weighted by atomic mass is 16.5. The number of nitrogens with zero attached hydrogens (tertiary/aromatic N) is 2. The monoisotopic (exact) mass is 356 g/mol. The number of fused-ring (bicyclic) bond motifs is 1. The molecule has 27 heavy (non-hydrogen) atoms. The topological polar surface area (TPSA) is 59.5 Å². The van der Waals surface area contributed by atoms with Gasteiger partial charge in [-0.15, -0.1) is 0 Å². The van der Waals surface area contributed by atoms with Crippen molar-refractivity contribution in [2.24, 2.45) is 0 Å². The zero-order chi connectivity index (χ0) is 18.8. The van der Waals surface area contributed by atoms with Gasteiger partial charge >= 0.3 is 0 Å². The number of pyridine rings is 1. The van der Waals surface area contributed by atoms with E-state index >= 15 is 0 Å². The Hall–Kier alpha value is -3.73. The van der Waals surface area contributed by atoms with E-state index in [2.05, 4.69) is 4.98 Å². The van der Waals surface area contributed by atoms with Crippen LogP contribution in [0.25, 0.3) is 11.6 Å². The van der Waals surface area contributed by atoms with E-state index in [0.717, 1.165) is 5.56 Å². The highest BCUT2D eigenvalue weighted by Gasteiger charge is 2.36. The van der Waals surface area contributed by atoms with Crippen molar-refractivity contribution >= 4 is 29.2 Å². The molecule has 3 aromatic rings. The molecule has 0 unspecified atom stereocenters. The zero-order valence-electron chi connectivity index (χ0n) is 14.6. The van der Waals surface area contributed by atoms with Gasteiger partial charge < -0.3 is 4.74 Å². The summed E-state index contributed by atoms with van der Waals surface area (Å²) < 4.78 is 5.36. The van der Waals surface area contributed by atoms with E-state index < -0.39 is 5.91 Å². The van der Waals surface area contributed by atoms with Gasteiger partial charge in [-0.2, -0.15) is 0 Å². The lowest BCUT2D eigenvalue weighted by Crippen LogP contribution is -2.42. The number of anilines is 1. The van der Waals surface area contributed by atoms with Gasteiger partial charge in [0.05, 0.1) is 12.8 Å². The normalized spacial score (nSPS) is 15.0. The van der Waals surface area contributed by atoms with E-state index in [4.69, 9.17) is 4.74 Å². The molecule has 0 bridgehead atoms. The zero-order valence-corrected chi connectivity index (χ0v) is 14.6. The molecule has 0 atom stereocenters. The summed E-state index contributed by atoms with van der Waals surface area (Å²) in [6, 6.07) is 17.8. The molecule has 1 aliphatic rings. The molecule has 5 heteroatoms. The summed E-state index contributed by atoms with van der Waals surface area (Å²) in [5.74, 6) is -0.310. The van der Waals surface area contributed by atoms with Crippen LogP contribution in [0.3, 0.4) is 0 Å². The van der Waals surface area contributed by atoms with E-state index in [0.29, 0.717) is 28.1 Å². The maximum atomic E-state index is 13.3. The molecule has 0 radical (unpaired) electrons. The fourth-order valence-electron chi connectivity index (χ4n) is 3.15. The molecule has 0 N–H and O–H groups in total. The number of amides is 2. The van der Waals surface area contributed by atoms with Gasteiger partial charge in [0, 0.05) is 23.5 Å². The quantitative estimate of drug-likeness (QED) is 0.529. The number of hydrogen-bond acceptors (Lipinski definition) is 4. The third-order valence-electron chi connectivity index (χ3n) is 4.41. The molecule has 2 amide bonds. The number of ether oxygens (including phenoxy) is 1. The molecule has 0 saturated heterocycles. The first-order valence-corrected chi connectivity index (χ1v) is 8.43. The minimum atomic E-state index is -0.396. The van der Waals surface area contributed by atoms with E-state index in [1.54, 1.807) is 67.0 Å². The second-order valence-electron chi connectivity index (χ2n) is 6.01. The van der Waals surface area contributed by atoms with Crippen molar-refractivity contribution in [3.8, 4) is 5.75 Å². The number of methoxy groups -OCH3 is 1. The van der Waals surface area contributed by atoms with Crippen LogP contribution in [0.4, 0.5) is 5.69 Å². The molecular formula is C22H16N2O3. The van der Waals surface area contributed by atoms with Crippen LogP contribution in [0.1, 0.15) is 21.5 Å². The van der Waals surface area contributed by atoms with Crippen LogP contribution in [0.15, 0.2) is 73.1 Å². The first kappa shape index (κ1) is 16.7. The number of imide groups is 1. The Morgan fingerprint density at radius 1 is 0.889 bits per heavy atom. The standard InChI is InChI=1S/C22H16N2O3/c1-27-20-11-5-4-10-19(20)24-21(25)17-9-3-2-8-16(17)18(22(24)26)13-15-7-6-12-23-14-15/h2-14H,1H3/b18-13-. The first-order chi connectivity index (χ1) is 13.2. The first-order valence-electron chi connectivity index (χ1n) is 8.43. The van der Waals surface area contributed by atoms with Gasteiger partial charge in [0.2, 0.25) is 0 Å². The summed E-state index contributed by atoms with van der Waals surface area (Å²) in [6.45, 7) is 0. The molecule has 0 saturated carbocycles. The molecular weight excluding hydrogens is 340 g/mol. The number of carbonyl (C=O) groups is 2. The Kier molecular flexibility index (Phi) is 4.26. The summed E-state index contributed by atoms with van der Waals surface area (Å²) in [5, 5.41) is 0. The Balaban J connectivity index is 1.93. The van der Waals surface area contributed by atoms with Crippen LogP contribution in [0, 0.1) is 0 Å². The second kappa shape index (κ2) is 6.88. The maximum absolute atomic E-state index is 13.3. The smallest absolute Gasteiger partial charge is 0.266 e. The van der Waals surface area contributed by atoms with E-state index in [-0.39, 0.29) is 5.91 Å². The number of benzene rings is 2. The van der Waals surface area contributed by atoms with Crippen LogP contribution in [0.2, 0.25) is 0 Å². The molecule has 4 rings (SSSR count). The van der Waals surface area contributed by atoms with Crippen LogP contribution >= 0.6 is 0 Å². The molecule has 0 spiro atoms. The van der Waals surface area contributed by atoms with Crippen molar-refractivity contribution in [1.29, 1.82) is 0 Å². The molecule has 2 heterocycles. The van der Waals surface area contributed by atoms with Gasteiger partial charge in [0.15, 0.2) is 0 Å². The molecule has 2 aromatic carbocycles. The van der Waals surface area contributed by atoms with Crippen molar-refractivity contribution in [1.82, 2.24) is 4.98 Å². The van der Waals surface area contributed by atoms with Crippen LogP contribution in [-0.2, 0) is 4.79 Å². The molecule has 5 nitrogen and oxygen atoms in total. The summed E-state index contributed by atoms with van der Waals surface area (Å²) in [7, 11) is 1.51. The van der Waals surface area contributed by atoms with Crippen LogP contribution < -0.4 is 9.64 Å². The number of aromatic nitrogens is 1. The summed E-state index contributed by atoms with van der Waals surface area (Å²) >= 11 is 0. The molecule has 0 aliphatic carbocycles. The van der Waals surface area contributed by atoms with E-state index in [1.165, 1.54) is 12.0 Å². The molecule has 132 valence electrons. The predicted molar refractivity (Wildman–Crippen MR) is 103 cm³/mol. The lowest BCUT2D eigenvalue weighted by atomic mass is 9.92. The van der Waals surface area contributed by atoms with Crippen molar-refractivity contribution in [3.05, 3.63) is 89.7 Å². The Morgan fingerprint density at radius 2 is 1.63 bits per heavy atom. The summed E-state index contributed by atoms with van der Waals surface area (Å²) in [5.41, 5.74) is 2.72. The SMILES string of the molecule is COc1ccccc1N1C(=O)/C(=C\c2cccnc2)c2ccccc2C1=O. The van der Waals surface area contributed by atoms with Crippen molar-refractivity contribution < 1.29 is 14.3 Å². The summed E-state index contributed by atoms with van der Waals surface area (Å²) in [6.07, 6.45) is 5.10. The third kappa shape index (κ3) is 2.89. The van der Waals surface area contributed by atoms with Crippen LogP contribution in [-0.4, -0.2) is 23.9 Å². The molecule has 1 aliphatic heterocycles. The van der Waals surface area contributed by atoms with Gasteiger partial charge in [-0.3, -0.25) is 14.6 Å². The average molecular weight is 356 g/mol. The fraction of sp³-hybridized carbons (Fsp3) is 0.0455. The lowest BCUT2D eigenvalue weighted by Gasteiger charge is -2.29. The lowest BCUT2D eigenvalue weighted by molar-refractivity contribution is -0.112. The van der Waals surface area contributed by atoms with Crippen molar-refractivity contribution in [2.75, 3.05) is 12.0 Å². The van der Waals surface area contributed by atoms with Gasteiger partial charge in [-0.25, -0.2) is 4.90 Å². The second-order valence-corrected chi connectivity index (χ2v) is 6.01. The van der Waals surface area contributed by atoms with Crippen LogP contribution in [0.5, 0.6) is 5.75 Å². The Morgan fingerprint density at radius 3 is 2.37 bits per heavy atom. The molecule has 0 fully saturated rings. The minimum absolute atomic E-state index is 0.372. The number of carbonyl (C=O) groups excluding carboxylic acids is 2. The van der Waals surface area contributed by atoms with Gasteiger partial charge in [-0.1, -0.05) is 36.4 Å². The Labute approximate surface area is 156 Å². The fourth-order valence-corrected chi connectivity index (χ4v) is 3.15. The number of rotatable bonds is 3. The van der Waals surface area contributed by atoms with Crippen molar-refractivity contribution in [2.45, 2.75) is 0 Å². The Bertz CT molecular complexity index is 1060. The van der Waals surface area contributed by atoms with Crippen molar-refractivity contribution in [3.63, 3.8) is 0 Å².